The molecule has 1 aromatic carbocycles. The molecule has 0 amide bonds. The Morgan fingerprint density at radius 2 is 1.95 bits per heavy atom. The summed E-state index contributed by atoms with van der Waals surface area (Å²) in [6.07, 6.45) is 1.35. The molecule has 0 aliphatic carbocycles. The van der Waals surface area contributed by atoms with Crippen LogP contribution in [0.5, 0.6) is 5.75 Å². The Balaban J connectivity index is 1.75. The van der Waals surface area contributed by atoms with E-state index in [1.54, 1.807) is 6.20 Å². The molecule has 21 heavy (non-hydrogen) atoms. The normalized spacial score (nSPS) is 12.1. The second-order valence-electron chi connectivity index (χ2n) is 4.39. The van der Waals surface area contributed by atoms with E-state index in [-0.39, 0.29) is 6.10 Å². The topological polar surface area (TPSA) is 61.0 Å². The number of hydrogen-bond acceptors (Lipinski definition) is 5. The molecule has 3 rings (SSSR count). The Morgan fingerprint density at radius 1 is 1.14 bits per heavy atom. The Morgan fingerprint density at radius 3 is 2.67 bits per heavy atom. The number of ether oxygens (including phenoxy) is 1. The largest absolute Gasteiger partial charge is 0.481 e. The van der Waals surface area contributed by atoms with Crippen LogP contribution >= 0.6 is 15.9 Å². The molecule has 0 unspecified atom stereocenters. The second kappa shape index (κ2) is 6.05. The van der Waals surface area contributed by atoms with Gasteiger partial charge in [-0.3, -0.25) is 4.98 Å². The SMILES string of the molecule is C[C@H](Oc1ccc(Br)cc1)c1nc(-c2ccccn2)no1. The molecule has 0 aliphatic heterocycles. The molecule has 5 nitrogen and oxygen atoms in total. The Labute approximate surface area is 130 Å². The van der Waals surface area contributed by atoms with Crippen LogP contribution in [0.15, 0.2) is 57.7 Å². The maximum atomic E-state index is 5.77. The fourth-order valence-corrected chi connectivity index (χ4v) is 2.03. The van der Waals surface area contributed by atoms with Gasteiger partial charge in [0.2, 0.25) is 5.82 Å². The predicted molar refractivity (Wildman–Crippen MR) is 80.7 cm³/mol. The highest BCUT2D eigenvalue weighted by atomic mass is 79.9. The van der Waals surface area contributed by atoms with E-state index in [0.29, 0.717) is 17.4 Å². The van der Waals surface area contributed by atoms with Gasteiger partial charge in [0.1, 0.15) is 11.4 Å². The van der Waals surface area contributed by atoms with Crippen LogP contribution < -0.4 is 4.74 Å². The first kappa shape index (κ1) is 13.8. The van der Waals surface area contributed by atoms with Crippen molar-refractivity contribution in [2.75, 3.05) is 0 Å². The fourth-order valence-electron chi connectivity index (χ4n) is 1.77. The van der Waals surface area contributed by atoms with Crippen LogP contribution in [0, 0.1) is 0 Å². The summed E-state index contributed by atoms with van der Waals surface area (Å²) in [5.41, 5.74) is 0.670. The summed E-state index contributed by atoms with van der Waals surface area (Å²) in [5.74, 6) is 1.61. The summed E-state index contributed by atoms with van der Waals surface area (Å²) >= 11 is 3.38. The molecular weight excluding hydrogens is 334 g/mol. The summed E-state index contributed by atoms with van der Waals surface area (Å²) in [6.45, 7) is 1.86. The summed E-state index contributed by atoms with van der Waals surface area (Å²) in [7, 11) is 0. The zero-order valence-corrected chi connectivity index (χ0v) is 12.8. The molecule has 6 heteroatoms. The maximum Gasteiger partial charge on any atom is 0.267 e. The van der Waals surface area contributed by atoms with E-state index in [2.05, 4.69) is 31.1 Å². The van der Waals surface area contributed by atoms with Crippen molar-refractivity contribution < 1.29 is 9.26 Å². The van der Waals surface area contributed by atoms with Crippen molar-refractivity contribution in [3.8, 4) is 17.3 Å². The van der Waals surface area contributed by atoms with Crippen LogP contribution in [0.1, 0.15) is 18.9 Å². The minimum absolute atomic E-state index is 0.337. The first-order chi connectivity index (χ1) is 10.2. The maximum absolute atomic E-state index is 5.77. The van der Waals surface area contributed by atoms with Gasteiger partial charge in [-0.05, 0) is 43.3 Å². The van der Waals surface area contributed by atoms with Gasteiger partial charge in [0.25, 0.3) is 5.89 Å². The third-order valence-corrected chi connectivity index (χ3v) is 3.34. The van der Waals surface area contributed by atoms with E-state index >= 15 is 0 Å². The molecule has 0 radical (unpaired) electrons. The quantitative estimate of drug-likeness (QED) is 0.714. The van der Waals surface area contributed by atoms with Crippen LogP contribution in [0.2, 0.25) is 0 Å². The molecule has 0 N–H and O–H groups in total. The highest BCUT2D eigenvalue weighted by Gasteiger charge is 2.17. The van der Waals surface area contributed by atoms with Crippen molar-refractivity contribution in [3.05, 3.63) is 59.0 Å². The lowest BCUT2D eigenvalue weighted by atomic mass is 10.3. The van der Waals surface area contributed by atoms with Crippen molar-refractivity contribution in [1.29, 1.82) is 0 Å². The number of aromatic nitrogens is 3. The monoisotopic (exact) mass is 345 g/mol. The number of rotatable bonds is 4. The van der Waals surface area contributed by atoms with Crippen LogP contribution in [-0.2, 0) is 0 Å². The van der Waals surface area contributed by atoms with Gasteiger partial charge in [-0.1, -0.05) is 27.2 Å². The number of nitrogens with zero attached hydrogens (tertiary/aromatic N) is 3. The minimum Gasteiger partial charge on any atom is -0.481 e. The average Bonchev–Trinajstić information content (AvgIpc) is 3.00. The third-order valence-electron chi connectivity index (χ3n) is 2.81. The number of hydrogen-bond donors (Lipinski definition) is 0. The second-order valence-corrected chi connectivity index (χ2v) is 5.30. The summed E-state index contributed by atoms with van der Waals surface area (Å²) in [5, 5.41) is 3.93. The van der Waals surface area contributed by atoms with Gasteiger partial charge in [-0.15, -0.1) is 0 Å². The lowest BCUT2D eigenvalue weighted by Crippen LogP contribution is -2.03. The highest BCUT2D eigenvalue weighted by Crippen LogP contribution is 2.23. The van der Waals surface area contributed by atoms with E-state index in [4.69, 9.17) is 9.26 Å². The zero-order chi connectivity index (χ0) is 14.7. The van der Waals surface area contributed by atoms with Gasteiger partial charge < -0.3 is 9.26 Å². The Kier molecular flexibility index (Phi) is 3.96. The van der Waals surface area contributed by atoms with Gasteiger partial charge in [0.05, 0.1) is 0 Å². The Bertz CT molecular complexity index is 713. The lowest BCUT2D eigenvalue weighted by molar-refractivity contribution is 0.176. The van der Waals surface area contributed by atoms with Gasteiger partial charge in [-0.2, -0.15) is 4.98 Å². The van der Waals surface area contributed by atoms with Gasteiger partial charge >= 0.3 is 0 Å². The summed E-state index contributed by atoms with van der Waals surface area (Å²) in [4.78, 5) is 8.50. The molecule has 106 valence electrons. The molecule has 2 heterocycles. The molecule has 3 aromatic rings. The van der Waals surface area contributed by atoms with Gasteiger partial charge in [0, 0.05) is 10.7 Å². The smallest absolute Gasteiger partial charge is 0.267 e. The van der Waals surface area contributed by atoms with Crippen LogP contribution in [-0.4, -0.2) is 15.1 Å². The number of benzene rings is 1. The molecule has 2 aromatic heterocycles. The first-order valence-electron chi connectivity index (χ1n) is 6.39. The summed E-state index contributed by atoms with van der Waals surface area (Å²) < 4.78 is 12.0. The van der Waals surface area contributed by atoms with Crippen LogP contribution in [0.25, 0.3) is 11.5 Å². The van der Waals surface area contributed by atoms with Crippen molar-refractivity contribution >= 4 is 15.9 Å². The molecule has 0 bridgehead atoms. The van der Waals surface area contributed by atoms with E-state index in [1.165, 1.54) is 0 Å². The van der Waals surface area contributed by atoms with E-state index in [0.717, 1.165) is 10.2 Å². The molecule has 0 aliphatic rings. The Hall–Kier alpha value is -2.21. The fraction of sp³-hybridized carbons (Fsp3) is 0.133. The van der Waals surface area contributed by atoms with Crippen molar-refractivity contribution in [2.45, 2.75) is 13.0 Å². The van der Waals surface area contributed by atoms with Gasteiger partial charge in [-0.25, -0.2) is 0 Å². The minimum atomic E-state index is -0.337. The summed E-state index contributed by atoms with van der Waals surface area (Å²) in [6, 6.07) is 13.1. The van der Waals surface area contributed by atoms with Gasteiger partial charge in [0.15, 0.2) is 6.10 Å². The van der Waals surface area contributed by atoms with E-state index < -0.39 is 0 Å². The van der Waals surface area contributed by atoms with E-state index in [1.807, 2.05) is 49.4 Å². The number of pyridine rings is 1. The standard InChI is InChI=1S/C15H12BrN3O2/c1-10(20-12-7-5-11(16)6-8-12)15-18-14(19-21-15)13-4-2-3-9-17-13/h2-10H,1H3/t10-/m0/s1. The highest BCUT2D eigenvalue weighted by molar-refractivity contribution is 9.10. The van der Waals surface area contributed by atoms with Crippen molar-refractivity contribution in [1.82, 2.24) is 15.1 Å². The molecule has 1 atom stereocenters. The molecule has 0 fully saturated rings. The zero-order valence-electron chi connectivity index (χ0n) is 11.2. The molecular formula is C15H12BrN3O2. The number of halogens is 1. The van der Waals surface area contributed by atoms with Crippen LogP contribution in [0.4, 0.5) is 0 Å². The molecule has 0 saturated carbocycles. The van der Waals surface area contributed by atoms with Crippen molar-refractivity contribution in [3.63, 3.8) is 0 Å². The van der Waals surface area contributed by atoms with E-state index in [9.17, 15) is 0 Å². The average molecular weight is 346 g/mol. The van der Waals surface area contributed by atoms with Crippen molar-refractivity contribution in [2.24, 2.45) is 0 Å². The predicted octanol–water partition coefficient (Wildman–Crippen LogP) is 4.03. The lowest BCUT2D eigenvalue weighted by Gasteiger charge is -2.10. The van der Waals surface area contributed by atoms with Crippen LogP contribution in [0.3, 0.4) is 0 Å². The third kappa shape index (κ3) is 3.28. The first-order valence-corrected chi connectivity index (χ1v) is 7.19. The molecule has 0 spiro atoms. The molecule has 0 saturated heterocycles.